The molecule has 0 spiro atoms. The lowest BCUT2D eigenvalue weighted by Gasteiger charge is -2.08. The third-order valence-electron chi connectivity index (χ3n) is 3.17. The molecule has 3 rings (SSSR count). The Kier molecular flexibility index (Phi) is 3.88. The van der Waals surface area contributed by atoms with E-state index < -0.39 is 15.9 Å². The van der Waals surface area contributed by atoms with E-state index in [1.807, 2.05) is 4.72 Å². The molecule has 1 aromatic heterocycles. The number of halogens is 1. The highest BCUT2D eigenvalue weighted by atomic mass is 79.9. The van der Waals surface area contributed by atoms with E-state index in [-0.39, 0.29) is 10.5 Å². The Morgan fingerprint density at radius 1 is 1.27 bits per heavy atom. The average Bonchev–Trinajstić information content (AvgIpc) is 2.94. The van der Waals surface area contributed by atoms with Crippen LogP contribution in [-0.4, -0.2) is 25.9 Å². The molecule has 0 atom stereocenters. The molecule has 0 saturated heterocycles. The highest BCUT2D eigenvalue weighted by Crippen LogP contribution is 2.26. The summed E-state index contributed by atoms with van der Waals surface area (Å²) in [5, 5.41) is 0. The molecule has 114 valence electrons. The molecular weight excluding hydrogens is 372 g/mol. The number of carbonyl (C=O) groups excluding carboxylic acids is 1. The van der Waals surface area contributed by atoms with Crippen molar-refractivity contribution in [2.75, 3.05) is 6.61 Å². The smallest absolute Gasteiger partial charge is 0.265 e. The molecule has 22 heavy (non-hydrogen) atoms. The predicted octanol–water partition coefficient (Wildman–Crippen LogP) is 1.90. The largest absolute Gasteiger partial charge is 0.493 e. The number of hydrogen-bond donors (Lipinski definition) is 1. The van der Waals surface area contributed by atoms with E-state index in [0.29, 0.717) is 17.5 Å². The minimum Gasteiger partial charge on any atom is -0.493 e. The van der Waals surface area contributed by atoms with Gasteiger partial charge in [-0.1, -0.05) is 0 Å². The maximum atomic E-state index is 12.2. The van der Waals surface area contributed by atoms with Crippen molar-refractivity contribution in [2.45, 2.75) is 11.3 Å². The number of amides is 1. The molecule has 2 heterocycles. The fourth-order valence-corrected chi connectivity index (χ4v) is 3.58. The summed E-state index contributed by atoms with van der Waals surface area (Å²) in [6, 6.07) is 6.23. The Hall–Kier alpha value is -1.93. The van der Waals surface area contributed by atoms with Gasteiger partial charge in [-0.15, -0.1) is 0 Å². The van der Waals surface area contributed by atoms with Gasteiger partial charge in [0.05, 0.1) is 6.61 Å². The lowest BCUT2D eigenvalue weighted by atomic mass is 10.1. The molecule has 0 aliphatic carbocycles. The summed E-state index contributed by atoms with van der Waals surface area (Å²) < 4.78 is 32.3. The monoisotopic (exact) mass is 382 g/mol. The van der Waals surface area contributed by atoms with Crippen LogP contribution in [0, 0.1) is 0 Å². The molecule has 6 nitrogen and oxygen atoms in total. The minimum atomic E-state index is -3.97. The number of carbonyl (C=O) groups is 1. The van der Waals surface area contributed by atoms with E-state index in [9.17, 15) is 13.2 Å². The molecule has 0 fully saturated rings. The van der Waals surface area contributed by atoms with E-state index in [0.717, 1.165) is 11.3 Å². The zero-order chi connectivity index (χ0) is 15.7. The maximum Gasteiger partial charge on any atom is 0.265 e. The van der Waals surface area contributed by atoms with Gasteiger partial charge in [0.1, 0.15) is 10.6 Å². The molecule has 1 aliphatic rings. The van der Waals surface area contributed by atoms with E-state index in [1.165, 1.54) is 24.5 Å². The fourth-order valence-electron chi connectivity index (χ4n) is 2.11. The van der Waals surface area contributed by atoms with Crippen molar-refractivity contribution in [3.8, 4) is 5.75 Å². The Bertz CT molecular complexity index is 852. The Morgan fingerprint density at radius 3 is 2.86 bits per heavy atom. The molecule has 0 saturated carbocycles. The number of rotatable bonds is 3. The molecule has 8 heteroatoms. The van der Waals surface area contributed by atoms with Crippen LogP contribution < -0.4 is 9.46 Å². The van der Waals surface area contributed by atoms with Crippen LogP contribution in [0.2, 0.25) is 0 Å². The van der Waals surface area contributed by atoms with E-state index in [4.69, 9.17) is 4.74 Å². The highest BCUT2D eigenvalue weighted by molar-refractivity contribution is 9.10. The third-order valence-corrected chi connectivity index (χ3v) is 4.90. The molecule has 1 amide bonds. The van der Waals surface area contributed by atoms with Gasteiger partial charge in [0.25, 0.3) is 15.9 Å². The number of hydrogen-bond acceptors (Lipinski definition) is 5. The second-order valence-electron chi connectivity index (χ2n) is 4.69. The zero-order valence-corrected chi connectivity index (χ0v) is 13.6. The highest BCUT2D eigenvalue weighted by Gasteiger charge is 2.21. The van der Waals surface area contributed by atoms with Crippen molar-refractivity contribution in [3.63, 3.8) is 0 Å². The summed E-state index contributed by atoms with van der Waals surface area (Å²) in [5.41, 5.74) is 1.17. The zero-order valence-electron chi connectivity index (χ0n) is 11.2. The average molecular weight is 383 g/mol. The lowest BCUT2D eigenvalue weighted by Crippen LogP contribution is -2.30. The third kappa shape index (κ3) is 2.97. The summed E-state index contributed by atoms with van der Waals surface area (Å²) in [4.78, 5) is 15.9. The Balaban J connectivity index is 1.84. The number of ether oxygens (including phenoxy) is 1. The number of fused-ring (bicyclic) bond motifs is 1. The van der Waals surface area contributed by atoms with Crippen LogP contribution in [-0.2, 0) is 16.4 Å². The minimum absolute atomic E-state index is 0.0836. The predicted molar refractivity (Wildman–Crippen MR) is 82.2 cm³/mol. The first-order chi connectivity index (χ1) is 10.5. The number of sulfonamides is 1. The Morgan fingerprint density at radius 2 is 2.09 bits per heavy atom. The molecule has 0 radical (unpaired) electrons. The van der Waals surface area contributed by atoms with Gasteiger partial charge in [-0.25, -0.2) is 13.1 Å². The van der Waals surface area contributed by atoms with Crippen LogP contribution in [0.4, 0.5) is 0 Å². The first-order valence-electron chi connectivity index (χ1n) is 6.39. The number of nitrogens with zero attached hydrogens (tertiary/aromatic N) is 1. The van der Waals surface area contributed by atoms with Gasteiger partial charge < -0.3 is 4.74 Å². The van der Waals surface area contributed by atoms with Crippen LogP contribution in [0.5, 0.6) is 5.75 Å². The van der Waals surface area contributed by atoms with Crippen LogP contribution in [0.1, 0.15) is 15.9 Å². The molecular formula is C14H11BrN2O4S. The van der Waals surface area contributed by atoms with Gasteiger partial charge in [0.15, 0.2) is 0 Å². The summed E-state index contributed by atoms with van der Waals surface area (Å²) >= 11 is 3.15. The summed E-state index contributed by atoms with van der Waals surface area (Å²) in [6.45, 7) is 0.572. The van der Waals surface area contributed by atoms with Gasteiger partial charge in [-0.2, -0.15) is 0 Å². The first kappa shape index (κ1) is 15.0. The second kappa shape index (κ2) is 5.69. The lowest BCUT2D eigenvalue weighted by molar-refractivity contribution is 0.0981. The Labute approximate surface area is 135 Å². The standard InChI is InChI=1S/C14H11BrN2O4S/c15-11-6-12(8-16-7-11)22(19,20)17-14(18)10-1-2-13-9(5-10)3-4-21-13/h1-2,5-8H,3-4H2,(H,17,18). The van der Waals surface area contributed by atoms with Crippen LogP contribution in [0.15, 0.2) is 46.0 Å². The molecule has 1 N–H and O–H groups in total. The normalized spacial score (nSPS) is 13.3. The molecule has 1 aliphatic heterocycles. The molecule has 1 aromatic carbocycles. The topological polar surface area (TPSA) is 85.4 Å². The molecule has 0 unspecified atom stereocenters. The van der Waals surface area contributed by atoms with Gasteiger partial charge in [0, 0.05) is 28.9 Å². The van der Waals surface area contributed by atoms with Crippen molar-refractivity contribution in [3.05, 3.63) is 52.3 Å². The number of benzene rings is 1. The SMILES string of the molecule is O=C(NS(=O)(=O)c1cncc(Br)c1)c1ccc2c(c1)CCO2. The summed E-state index contributed by atoms with van der Waals surface area (Å²) in [5.74, 6) is 0.0465. The van der Waals surface area contributed by atoms with Crippen LogP contribution in [0.3, 0.4) is 0 Å². The second-order valence-corrected chi connectivity index (χ2v) is 7.29. The van der Waals surface area contributed by atoms with Crippen LogP contribution in [0.25, 0.3) is 0 Å². The number of pyridine rings is 1. The maximum absolute atomic E-state index is 12.2. The summed E-state index contributed by atoms with van der Waals surface area (Å²) in [6.07, 6.45) is 3.34. The fraction of sp³-hybridized carbons (Fsp3) is 0.143. The number of nitrogens with one attached hydrogen (secondary N) is 1. The van der Waals surface area contributed by atoms with Crippen molar-refractivity contribution < 1.29 is 17.9 Å². The molecule has 0 bridgehead atoms. The van der Waals surface area contributed by atoms with Crippen LogP contribution >= 0.6 is 15.9 Å². The first-order valence-corrected chi connectivity index (χ1v) is 8.67. The van der Waals surface area contributed by atoms with E-state index >= 15 is 0 Å². The van der Waals surface area contributed by atoms with Gasteiger partial charge in [0.2, 0.25) is 0 Å². The quantitative estimate of drug-likeness (QED) is 0.875. The van der Waals surface area contributed by atoms with Gasteiger partial charge in [-0.05, 0) is 45.8 Å². The summed E-state index contributed by atoms with van der Waals surface area (Å²) in [7, 11) is -3.97. The van der Waals surface area contributed by atoms with Crippen molar-refractivity contribution in [2.24, 2.45) is 0 Å². The molecule has 2 aromatic rings. The van der Waals surface area contributed by atoms with Crippen molar-refractivity contribution >= 4 is 31.9 Å². The van der Waals surface area contributed by atoms with E-state index in [2.05, 4.69) is 20.9 Å². The van der Waals surface area contributed by atoms with Gasteiger partial charge in [-0.3, -0.25) is 9.78 Å². The van der Waals surface area contributed by atoms with Crippen molar-refractivity contribution in [1.29, 1.82) is 0 Å². The van der Waals surface area contributed by atoms with Gasteiger partial charge >= 0.3 is 0 Å². The van der Waals surface area contributed by atoms with Crippen molar-refractivity contribution in [1.82, 2.24) is 9.71 Å². The number of aromatic nitrogens is 1. The van der Waals surface area contributed by atoms with E-state index in [1.54, 1.807) is 12.1 Å².